The highest BCUT2D eigenvalue weighted by Crippen LogP contribution is 2.23. The van der Waals surface area contributed by atoms with E-state index in [4.69, 9.17) is 0 Å². The molecule has 3 rings (SSSR count). The lowest BCUT2D eigenvalue weighted by Gasteiger charge is -2.37. The molecule has 1 unspecified atom stereocenters. The summed E-state index contributed by atoms with van der Waals surface area (Å²) < 4.78 is 24.8. The highest BCUT2D eigenvalue weighted by atomic mass is 32.2. The Balaban J connectivity index is 1.67. The SMILES string of the molecule is CS(=O)(=O)Nc1ccc(C(=O)N2CCN3CCCC3C2)cc1. The topological polar surface area (TPSA) is 69.7 Å². The summed E-state index contributed by atoms with van der Waals surface area (Å²) in [6.07, 6.45) is 3.49. The molecule has 0 aliphatic carbocycles. The molecule has 22 heavy (non-hydrogen) atoms. The van der Waals surface area contributed by atoms with E-state index >= 15 is 0 Å². The third kappa shape index (κ3) is 3.41. The van der Waals surface area contributed by atoms with Crippen molar-refractivity contribution in [2.24, 2.45) is 0 Å². The lowest BCUT2D eigenvalue weighted by atomic mass is 10.1. The fourth-order valence-corrected chi connectivity index (χ4v) is 3.82. The van der Waals surface area contributed by atoms with Gasteiger partial charge in [0.1, 0.15) is 0 Å². The Labute approximate surface area is 131 Å². The summed E-state index contributed by atoms with van der Waals surface area (Å²) in [5, 5.41) is 0. The van der Waals surface area contributed by atoms with Crippen molar-refractivity contribution < 1.29 is 13.2 Å². The van der Waals surface area contributed by atoms with Gasteiger partial charge in [0.25, 0.3) is 5.91 Å². The molecule has 2 fully saturated rings. The number of carbonyl (C=O) groups excluding carboxylic acids is 1. The van der Waals surface area contributed by atoms with Crippen molar-refractivity contribution in [1.82, 2.24) is 9.80 Å². The molecule has 6 nitrogen and oxygen atoms in total. The van der Waals surface area contributed by atoms with Crippen LogP contribution in [0, 0.1) is 0 Å². The molecule has 0 radical (unpaired) electrons. The molecule has 120 valence electrons. The van der Waals surface area contributed by atoms with Crippen LogP contribution >= 0.6 is 0 Å². The van der Waals surface area contributed by atoms with Crippen molar-refractivity contribution >= 4 is 21.6 Å². The van der Waals surface area contributed by atoms with Crippen LogP contribution in [-0.2, 0) is 10.0 Å². The van der Waals surface area contributed by atoms with Crippen LogP contribution in [0.2, 0.25) is 0 Å². The third-order valence-electron chi connectivity index (χ3n) is 4.31. The van der Waals surface area contributed by atoms with Crippen LogP contribution in [0.3, 0.4) is 0 Å². The number of sulfonamides is 1. The van der Waals surface area contributed by atoms with Crippen LogP contribution in [0.25, 0.3) is 0 Å². The minimum atomic E-state index is -3.29. The van der Waals surface area contributed by atoms with E-state index in [1.807, 2.05) is 4.90 Å². The second-order valence-electron chi connectivity index (χ2n) is 6.03. The maximum atomic E-state index is 12.6. The Morgan fingerprint density at radius 3 is 2.59 bits per heavy atom. The summed E-state index contributed by atoms with van der Waals surface area (Å²) in [6, 6.07) is 7.11. The molecule has 0 spiro atoms. The number of carbonyl (C=O) groups is 1. The molecule has 0 aromatic heterocycles. The first-order valence-corrected chi connectivity index (χ1v) is 9.43. The standard InChI is InChI=1S/C15H21N3O3S/c1-22(20,21)16-13-6-4-12(5-7-13)15(19)18-10-9-17-8-2-3-14(17)11-18/h4-7,14,16H,2-3,8-11H2,1H3. The van der Waals surface area contributed by atoms with Crippen LogP contribution in [0.5, 0.6) is 0 Å². The molecule has 1 atom stereocenters. The molecule has 1 aromatic rings. The number of anilines is 1. The minimum Gasteiger partial charge on any atom is -0.336 e. The van der Waals surface area contributed by atoms with Crippen LogP contribution in [0.1, 0.15) is 23.2 Å². The van der Waals surface area contributed by atoms with Gasteiger partial charge in [0.2, 0.25) is 10.0 Å². The summed E-state index contributed by atoms with van der Waals surface area (Å²) in [5.74, 6) is 0.0254. The zero-order valence-electron chi connectivity index (χ0n) is 12.7. The summed E-state index contributed by atoms with van der Waals surface area (Å²) in [4.78, 5) is 16.9. The Morgan fingerprint density at radius 2 is 1.91 bits per heavy atom. The van der Waals surface area contributed by atoms with E-state index in [9.17, 15) is 13.2 Å². The van der Waals surface area contributed by atoms with Crippen LogP contribution in [0.4, 0.5) is 5.69 Å². The molecule has 0 saturated carbocycles. The quantitative estimate of drug-likeness (QED) is 0.900. The zero-order valence-corrected chi connectivity index (χ0v) is 13.5. The van der Waals surface area contributed by atoms with Crippen molar-refractivity contribution in [3.63, 3.8) is 0 Å². The van der Waals surface area contributed by atoms with Crippen molar-refractivity contribution in [2.45, 2.75) is 18.9 Å². The summed E-state index contributed by atoms with van der Waals surface area (Å²) in [6.45, 7) is 3.66. The van der Waals surface area contributed by atoms with Crippen LogP contribution < -0.4 is 4.72 Å². The van der Waals surface area contributed by atoms with E-state index in [0.717, 1.165) is 32.4 Å². The maximum absolute atomic E-state index is 12.6. The Morgan fingerprint density at radius 1 is 1.18 bits per heavy atom. The molecular formula is C15H21N3O3S. The van der Waals surface area contributed by atoms with Gasteiger partial charge >= 0.3 is 0 Å². The summed E-state index contributed by atoms with van der Waals surface area (Å²) in [5.41, 5.74) is 1.07. The van der Waals surface area contributed by atoms with Crippen LogP contribution in [0.15, 0.2) is 24.3 Å². The molecule has 1 aromatic carbocycles. The number of nitrogens with one attached hydrogen (secondary N) is 1. The van der Waals surface area contributed by atoms with Gasteiger partial charge in [-0.15, -0.1) is 0 Å². The Kier molecular flexibility index (Phi) is 4.10. The Hall–Kier alpha value is -1.60. The monoisotopic (exact) mass is 323 g/mol. The number of benzene rings is 1. The van der Waals surface area contributed by atoms with Gasteiger partial charge in [-0.1, -0.05) is 0 Å². The van der Waals surface area contributed by atoms with E-state index in [1.165, 1.54) is 12.8 Å². The van der Waals surface area contributed by atoms with E-state index < -0.39 is 10.0 Å². The van der Waals surface area contributed by atoms with Gasteiger partial charge in [0.15, 0.2) is 0 Å². The molecule has 2 aliphatic heterocycles. The van der Waals surface area contributed by atoms with Crippen molar-refractivity contribution in [3.05, 3.63) is 29.8 Å². The van der Waals surface area contributed by atoms with Crippen LogP contribution in [-0.4, -0.2) is 62.6 Å². The second-order valence-corrected chi connectivity index (χ2v) is 7.78. The average Bonchev–Trinajstić information content (AvgIpc) is 2.93. The first-order chi connectivity index (χ1) is 10.4. The van der Waals surface area contributed by atoms with Crippen molar-refractivity contribution in [3.8, 4) is 0 Å². The highest BCUT2D eigenvalue weighted by Gasteiger charge is 2.32. The lowest BCUT2D eigenvalue weighted by molar-refractivity contribution is 0.0571. The van der Waals surface area contributed by atoms with Gasteiger partial charge in [-0.3, -0.25) is 14.4 Å². The molecule has 7 heteroatoms. The molecular weight excluding hydrogens is 302 g/mol. The van der Waals surface area contributed by atoms with Gasteiger partial charge in [0, 0.05) is 36.9 Å². The largest absolute Gasteiger partial charge is 0.336 e. The number of piperazine rings is 1. The first kappa shape index (κ1) is 15.3. The first-order valence-electron chi connectivity index (χ1n) is 7.53. The van der Waals surface area contributed by atoms with Gasteiger partial charge in [-0.25, -0.2) is 8.42 Å². The number of fused-ring (bicyclic) bond motifs is 1. The molecule has 1 amide bonds. The fraction of sp³-hybridized carbons (Fsp3) is 0.533. The van der Waals surface area contributed by atoms with Gasteiger partial charge in [-0.2, -0.15) is 0 Å². The molecule has 1 N–H and O–H groups in total. The van der Waals surface area contributed by atoms with Crippen molar-refractivity contribution in [2.75, 3.05) is 37.2 Å². The molecule has 2 heterocycles. The fourth-order valence-electron chi connectivity index (χ4n) is 3.25. The predicted octanol–water partition coefficient (Wildman–Crippen LogP) is 0.978. The molecule has 2 aliphatic rings. The van der Waals surface area contributed by atoms with E-state index in [1.54, 1.807) is 24.3 Å². The maximum Gasteiger partial charge on any atom is 0.253 e. The second kappa shape index (κ2) is 5.89. The Bertz CT molecular complexity index is 657. The number of amides is 1. The molecule has 2 saturated heterocycles. The number of hydrogen-bond donors (Lipinski definition) is 1. The van der Waals surface area contributed by atoms with Gasteiger partial charge in [0.05, 0.1) is 6.26 Å². The lowest BCUT2D eigenvalue weighted by Crippen LogP contribution is -2.52. The highest BCUT2D eigenvalue weighted by molar-refractivity contribution is 7.92. The summed E-state index contributed by atoms with van der Waals surface area (Å²) >= 11 is 0. The van der Waals surface area contributed by atoms with Gasteiger partial charge in [-0.05, 0) is 43.7 Å². The number of nitrogens with zero attached hydrogens (tertiary/aromatic N) is 2. The molecule has 0 bridgehead atoms. The number of rotatable bonds is 3. The predicted molar refractivity (Wildman–Crippen MR) is 85.4 cm³/mol. The van der Waals surface area contributed by atoms with Gasteiger partial charge < -0.3 is 4.90 Å². The van der Waals surface area contributed by atoms with E-state index in [-0.39, 0.29) is 5.91 Å². The van der Waals surface area contributed by atoms with E-state index in [0.29, 0.717) is 17.3 Å². The third-order valence-corrected chi connectivity index (χ3v) is 4.92. The normalized spacial score (nSPS) is 22.4. The smallest absolute Gasteiger partial charge is 0.253 e. The summed E-state index contributed by atoms with van der Waals surface area (Å²) in [7, 11) is -3.29. The van der Waals surface area contributed by atoms with Crippen molar-refractivity contribution in [1.29, 1.82) is 0 Å². The zero-order chi connectivity index (χ0) is 15.7. The van der Waals surface area contributed by atoms with E-state index in [2.05, 4.69) is 9.62 Å². The number of hydrogen-bond acceptors (Lipinski definition) is 4. The minimum absolute atomic E-state index is 0.0254. The average molecular weight is 323 g/mol.